The van der Waals surface area contributed by atoms with Crippen molar-refractivity contribution in [2.45, 2.75) is 6.92 Å². The summed E-state index contributed by atoms with van der Waals surface area (Å²) in [6, 6.07) is 0. The molecule has 0 aliphatic heterocycles. The highest BCUT2D eigenvalue weighted by atomic mass is 15.3. The molecule has 0 bridgehead atoms. The maximum absolute atomic E-state index is 4.22. The molecule has 14 heavy (non-hydrogen) atoms. The summed E-state index contributed by atoms with van der Waals surface area (Å²) in [7, 11) is 5.57. The summed E-state index contributed by atoms with van der Waals surface area (Å²) in [6.45, 7) is 2.79. The molecule has 0 aliphatic rings. The second kappa shape index (κ2) is 4.59. The standard InChI is InChI=1S/C8H16N6/c1-5-10-7-11-6(9-2)12-8(13-7)14(3)4/h5H2,1-4H3,(H2,9,10,11,12,13). The number of hydrogen-bond acceptors (Lipinski definition) is 6. The van der Waals surface area contributed by atoms with Crippen molar-refractivity contribution in [2.75, 3.05) is 43.2 Å². The normalized spacial score (nSPS) is 9.71. The lowest BCUT2D eigenvalue weighted by molar-refractivity contribution is 0.950. The van der Waals surface area contributed by atoms with Crippen molar-refractivity contribution in [3.05, 3.63) is 0 Å². The summed E-state index contributed by atoms with van der Waals surface area (Å²) < 4.78 is 0. The van der Waals surface area contributed by atoms with Crippen LogP contribution in [-0.4, -0.2) is 42.6 Å². The molecule has 0 fully saturated rings. The number of anilines is 3. The molecular formula is C8H16N6. The monoisotopic (exact) mass is 196 g/mol. The Morgan fingerprint density at radius 1 is 1.14 bits per heavy atom. The van der Waals surface area contributed by atoms with Gasteiger partial charge >= 0.3 is 0 Å². The van der Waals surface area contributed by atoms with E-state index in [2.05, 4.69) is 25.6 Å². The highest BCUT2D eigenvalue weighted by Crippen LogP contribution is 2.10. The fourth-order valence-corrected chi connectivity index (χ4v) is 0.914. The predicted molar refractivity (Wildman–Crippen MR) is 57.9 cm³/mol. The Balaban J connectivity index is 3.00. The lowest BCUT2D eigenvalue weighted by Gasteiger charge is -2.12. The first-order valence-electron chi connectivity index (χ1n) is 4.52. The van der Waals surface area contributed by atoms with Crippen LogP contribution in [-0.2, 0) is 0 Å². The van der Waals surface area contributed by atoms with Crippen LogP contribution in [0.4, 0.5) is 17.8 Å². The third-order valence-electron chi connectivity index (χ3n) is 1.58. The Morgan fingerprint density at radius 3 is 2.29 bits per heavy atom. The van der Waals surface area contributed by atoms with Crippen molar-refractivity contribution in [1.29, 1.82) is 0 Å². The maximum atomic E-state index is 4.22. The van der Waals surface area contributed by atoms with Gasteiger partial charge in [0.15, 0.2) is 0 Å². The van der Waals surface area contributed by atoms with Crippen LogP contribution in [0.2, 0.25) is 0 Å². The van der Waals surface area contributed by atoms with Gasteiger partial charge in [0.05, 0.1) is 0 Å². The third-order valence-corrected chi connectivity index (χ3v) is 1.58. The number of nitrogens with zero attached hydrogens (tertiary/aromatic N) is 4. The molecule has 0 spiro atoms. The van der Waals surface area contributed by atoms with Gasteiger partial charge in [0.25, 0.3) is 0 Å². The van der Waals surface area contributed by atoms with Crippen LogP contribution in [0, 0.1) is 0 Å². The van der Waals surface area contributed by atoms with E-state index >= 15 is 0 Å². The topological polar surface area (TPSA) is 66.0 Å². The van der Waals surface area contributed by atoms with Crippen molar-refractivity contribution >= 4 is 17.8 Å². The van der Waals surface area contributed by atoms with E-state index < -0.39 is 0 Å². The molecule has 0 amide bonds. The Labute approximate surface area is 83.8 Å². The highest BCUT2D eigenvalue weighted by Gasteiger charge is 2.05. The highest BCUT2D eigenvalue weighted by molar-refractivity contribution is 5.42. The molecule has 0 aromatic carbocycles. The molecule has 2 N–H and O–H groups in total. The van der Waals surface area contributed by atoms with Crippen LogP contribution in [0.5, 0.6) is 0 Å². The summed E-state index contributed by atoms with van der Waals surface area (Å²) in [5.41, 5.74) is 0. The van der Waals surface area contributed by atoms with Gasteiger partial charge in [-0.2, -0.15) is 15.0 Å². The van der Waals surface area contributed by atoms with Crippen molar-refractivity contribution in [3.63, 3.8) is 0 Å². The number of aromatic nitrogens is 3. The van der Waals surface area contributed by atoms with Gasteiger partial charge in [-0.05, 0) is 6.92 Å². The minimum Gasteiger partial charge on any atom is -0.357 e. The molecule has 1 aromatic rings. The van der Waals surface area contributed by atoms with Gasteiger partial charge in [0.2, 0.25) is 17.8 Å². The van der Waals surface area contributed by atoms with Crippen LogP contribution < -0.4 is 15.5 Å². The molecule has 0 aliphatic carbocycles. The maximum Gasteiger partial charge on any atom is 0.231 e. The Kier molecular flexibility index (Phi) is 3.44. The molecule has 1 heterocycles. The molecular weight excluding hydrogens is 180 g/mol. The first-order valence-corrected chi connectivity index (χ1v) is 4.52. The largest absolute Gasteiger partial charge is 0.357 e. The summed E-state index contributed by atoms with van der Waals surface area (Å²) in [5, 5.41) is 5.94. The summed E-state index contributed by atoms with van der Waals surface area (Å²) in [4.78, 5) is 14.4. The quantitative estimate of drug-likeness (QED) is 0.727. The van der Waals surface area contributed by atoms with Crippen LogP contribution >= 0.6 is 0 Å². The van der Waals surface area contributed by atoms with E-state index in [0.717, 1.165) is 6.54 Å². The number of hydrogen-bond donors (Lipinski definition) is 2. The van der Waals surface area contributed by atoms with Crippen LogP contribution in [0.25, 0.3) is 0 Å². The first-order chi connectivity index (χ1) is 6.67. The zero-order chi connectivity index (χ0) is 10.6. The van der Waals surface area contributed by atoms with E-state index in [9.17, 15) is 0 Å². The lowest BCUT2D eigenvalue weighted by Crippen LogP contribution is -2.16. The van der Waals surface area contributed by atoms with Crippen LogP contribution in [0.3, 0.4) is 0 Å². The molecule has 1 aromatic heterocycles. The van der Waals surface area contributed by atoms with E-state index in [4.69, 9.17) is 0 Å². The minimum atomic E-state index is 0.569. The zero-order valence-electron chi connectivity index (χ0n) is 9.00. The second-order valence-corrected chi connectivity index (χ2v) is 2.96. The summed E-state index contributed by atoms with van der Waals surface area (Å²) in [6.07, 6.45) is 0. The molecule has 78 valence electrons. The molecule has 6 nitrogen and oxygen atoms in total. The van der Waals surface area contributed by atoms with E-state index in [1.807, 2.05) is 25.9 Å². The van der Waals surface area contributed by atoms with Gasteiger partial charge in [-0.25, -0.2) is 0 Å². The Bertz CT molecular complexity index is 298. The molecule has 0 saturated carbocycles. The number of rotatable bonds is 4. The zero-order valence-corrected chi connectivity index (χ0v) is 9.00. The smallest absolute Gasteiger partial charge is 0.231 e. The fourth-order valence-electron chi connectivity index (χ4n) is 0.914. The van der Waals surface area contributed by atoms with Crippen LogP contribution in [0.15, 0.2) is 0 Å². The van der Waals surface area contributed by atoms with Crippen molar-refractivity contribution < 1.29 is 0 Å². The lowest BCUT2D eigenvalue weighted by atomic mass is 10.7. The van der Waals surface area contributed by atoms with Gasteiger partial charge in [0.1, 0.15) is 0 Å². The predicted octanol–water partition coefficient (Wildman–Crippen LogP) is 0.411. The van der Waals surface area contributed by atoms with E-state index in [-0.39, 0.29) is 0 Å². The van der Waals surface area contributed by atoms with Gasteiger partial charge in [-0.15, -0.1) is 0 Å². The Morgan fingerprint density at radius 2 is 1.79 bits per heavy atom. The minimum absolute atomic E-state index is 0.569. The average Bonchev–Trinajstić information content (AvgIpc) is 2.17. The van der Waals surface area contributed by atoms with Gasteiger partial charge in [-0.1, -0.05) is 0 Å². The molecule has 0 atom stereocenters. The van der Waals surface area contributed by atoms with Crippen molar-refractivity contribution in [1.82, 2.24) is 15.0 Å². The Hall–Kier alpha value is -1.59. The van der Waals surface area contributed by atoms with Gasteiger partial charge in [0, 0.05) is 27.7 Å². The molecule has 0 radical (unpaired) electrons. The van der Waals surface area contributed by atoms with Crippen molar-refractivity contribution in [2.24, 2.45) is 0 Å². The molecule has 1 rings (SSSR count). The van der Waals surface area contributed by atoms with E-state index in [1.165, 1.54) is 0 Å². The molecule has 0 unspecified atom stereocenters. The summed E-state index contributed by atoms with van der Waals surface area (Å²) >= 11 is 0. The molecule has 0 saturated heterocycles. The van der Waals surface area contributed by atoms with E-state index in [1.54, 1.807) is 7.05 Å². The van der Waals surface area contributed by atoms with Gasteiger partial charge < -0.3 is 15.5 Å². The van der Waals surface area contributed by atoms with Crippen molar-refractivity contribution in [3.8, 4) is 0 Å². The molecule has 6 heteroatoms. The first kappa shape index (κ1) is 10.5. The van der Waals surface area contributed by atoms with Crippen LogP contribution in [0.1, 0.15) is 6.92 Å². The second-order valence-electron chi connectivity index (χ2n) is 2.96. The van der Waals surface area contributed by atoms with E-state index in [0.29, 0.717) is 17.8 Å². The van der Waals surface area contributed by atoms with Gasteiger partial charge in [-0.3, -0.25) is 0 Å². The average molecular weight is 196 g/mol. The SMILES string of the molecule is CCNc1nc(NC)nc(N(C)C)n1. The summed E-state index contributed by atoms with van der Waals surface area (Å²) in [5.74, 6) is 1.80. The number of nitrogens with one attached hydrogen (secondary N) is 2. The fraction of sp³-hybridized carbons (Fsp3) is 0.625. The third kappa shape index (κ3) is 2.45.